The highest BCUT2D eigenvalue weighted by Gasteiger charge is 2.09. The van der Waals surface area contributed by atoms with Crippen LogP contribution in [0.5, 0.6) is 11.5 Å². The van der Waals surface area contributed by atoms with Crippen LogP contribution in [0, 0.1) is 0 Å². The van der Waals surface area contributed by atoms with E-state index < -0.39 is 11.9 Å². The topological polar surface area (TPSA) is 88.1 Å². The Balaban J connectivity index is 1.68. The van der Waals surface area contributed by atoms with E-state index in [2.05, 4.69) is 11.3 Å². The van der Waals surface area contributed by atoms with Crippen molar-refractivity contribution in [2.75, 3.05) is 20.3 Å². The fraction of sp³-hybridized carbons (Fsp3) is 0.296. The molecular weight excluding hydrogens is 436 g/mol. The van der Waals surface area contributed by atoms with Crippen molar-refractivity contribution in [1.82, 2.24) is 0 Å². The van der Waals surface area contributed by atoms with Crippen LogP contribution in [-0.4, -0.2) is 38.2 Å². The van der Waals surface area contributed by atoms with Gasteiger partial charge in [0, 0.05) is 11.6 Å². The van der Waals surface area contributed by atoms with Gasteiger partial charge in [-0.1, -0.05) is 18.7 Å². The van der Waals surface area contributed by atoms with Gasteiger partial charge in [0.15, 0.2) is 0 Å². The average molecular weight is 467 g/mol. The van der Waals surface area contributed by atoms with E-state index in [1.54, 1.807) is 61.5 Å². The Labute approximate surface area is 200 Å². The lowest BCUT2D eigenvalue weighted by Crippen LogP contribution is -2.08. The van der Waals surface area contributed by atoms with Crippen LogP contribution in [0.2, 0.25) is 0 Å². The number of benzene rings is 2. The molecule has 0 aliphatic heterocycles. The van der Waals surface area contributed by atoms with Gasteiger partial charge in [-0.2, -0.15) is 0 Å². The summed E-state index contributed by atoms with van der Waals surface area (Å²) in [5.74, 6) is -0.194. The molecule has 0 saturated carbocycles. The molecular formula is C27H30O7. The van der Waals surface area contributed by atoms with Gasteiger partial charge in [0.25, 0.3) is 0 Å². The van der Waals surface area contributed by atoms with E-state index in [9.17, 15) is 14.4 Å². The third-order valence-electron chi connectivity index (χ3n) is 4.68. The normalized spacial score (nSPS) is 10.5. The summed E-state index contributed by atoms with van der Waals surface area (Å²) in [6.07, 6.45) is 6.52. The number of ether oxygens (including phenoxy) is 4. The van der Waals surface area contributed by atoms with Crippen LogP contribution >= 0.6 is 0 Å². The molecule has 0 radical (unpaired) electrons. The van der Waals surface area contributed by atoms with Gasteiger partial charge < -0.3 is 18.9 Å². The summed E-state index contributed by atoms with van der Waals surface area (Å²) in [7, 11) is 1.31. The first-order valence-electron chi connectivity index (χ1n) is 11.0. The highest BCUT2D eigenvalue weighted by Crippen LogP contribution is 2.17. The van der Waals surface area contributed by atoms with E-state index in [4.69, 9.17) is 14.2 Å². The lowest BCUT2D eigenvalue weighted by molar-refractivity contribution is -0.139. The summed E-state index contributed by atoms with van der Waals surface area (Å²) in [5.41, 5.74) is 1.59. The first kappa shape index (κ1) is 26.4. The van der Waals surface area contributed by atoms with E-state index >= 15 is 0 Å². The largest absolute Gasteiger partial charge is 0.494 e. The van der Waals surface area contributed by atoms with Crippen molar-refractivity contribution in [3.8, 4) is 11.5 Å². The minimum atomic E-state index is -0.475. The van der Waals surface area contributed by atoms with Crippen LogP contribution in [0.1, 0.15) is 48.5 Å². The van der Waals surface area contributed by atoms with Crippen molar-refractivity contribution in [1.29, 1.82) is 0 Å². The monoisotopic (exact) mass is 466 g/mol. The molecule has 0 spiro atoms. The predicted octanol–water partition coefficient (Wildman–Crippen LogP) is 5.15. The van der Waals surface area contributed by atoms with Gasteiger partial charge in [-0.15, -0.1) is 0 Å². The van der Waals surface area contributed by atoms with Crippen molar-refractivity contribution in [3.63, 3.8) is 0 Å². The Morgan fingerprint density at radius 2 is 1.47 bits per heavy atom. The minimum absolute atomic E-state index is 0.349. The quantitative estimate of drug-likeness (QED) is 0.175. The Kier molecular flexibility index (Phi) is 11.1. The van der Waals surface area contributed by atoms with Crippen LogP contribution in [0.25, 0.3) is 6.08 Å². The van der Waals surface area contributed by atoms with Crippen molar-refractivity contribution in [2.24, 2.45) is 0 Å². The highest BCUT2D eigenvalue weighted by atomic mass is 16.5. The van der Waals surface area contributed by atoms with E-state index in [1.165, 1.54) is 13.2 Å². The Hall–Kier alpha value is -3.87. The maximum absolute atomic E-state index is 12.4. The van der Waals surface area contributed by atoms with Gasteiger partial charge in [-0.05, 0) is 80.6 Å². The van der Waals surface area contributed by atoms with Crippen LogP contribution in [0.15, 0.2) is 66.8 Å². The third kappa shape index (κ3) is 9.73. The molecule has 0 aliphatic rings. The molecule has 2 rings (SSSR count). The predicted molar refractivity (Wildman–Crippen MR) is 129 cm³/mol. The summed E-state index contributed by atoms with van der Waals surface area (Å²) >= 11 is 0. The number of carbonyl (C=O) groups is 3. The zero-order valence-electron chi connectivity index (χ0n) is 19.6. The first-order valence-corrected chi connectivity index (χ1v) is 11.0. The second kappa shape index (κ2) is 14.3. The maximum atomic E-state index is 12.4. The number of hydrogen-bond donors (Lipinski definition) is 0. The molecule has 0 heterocycles. The number of unbranched alkanes of at least 4 members (excludes halogenated alkanes) is 3. The molecule has 7 heteroatoms. The van der Waals surface area contributed by atoms with Gasteiger partial charge >= 0.3 is 17.9 Å². The van der Waals surface area contributed by atoms with Gasteiger partial charge in [-0.3, -0.25) is 0 Å². The zero-order chi connectivity index (χ0) is 24.8. The third-order valence-corrected chi connectivity index (χ3v) is 4.68. The lowest BCUT2D eigenvalue weighted by Gasteiger charge is -2.08. The number of methoxy groups -OCH3 is 1. The van der Waals surface area contributed by atoms with Crippen molar-refractivity contribution in [3.05, 3.63) is 77.9 Å². The van der Waals surface area contributed by atoms with E-state index in [-0.39, 0.29) is 5.97 Å². The van der Waals surface area contributed by atoms with Crippen LogP contribution in [0.4, 0.5) is 0 Å². The van der Waals surface area contributed by atoms with Crippen LogP contribution in [-0.2, 0) is 19.1 Å². The van der Waals surface area contributed by atoms with Gasteiger partial charge in [0.1, 0.15) is 11.5 Å². The maximum Gasteiger partial charge on any atom is 0.343 e. The second-order valence-electron chi connectivity index (χ2n) is 7.52. The lowest BCUT2D eigenvalue weighted by atomic mass is 10.2. The summed E-state index contributed by atoms with van der Waals surface area (Å²) in [5, 5.41) is 0. The van der Waals surface area contributed by atoms with Crippen molar-refractivity contribution >= 4 is 24.0 Å². The molecule has 0 aliphatic carbocycles. The SMILES string of the molecule is C=C(C)C(=O)OCCCCCCOc1ccc(C(=O)Oc2ccc(/C=C/C(=O)OC)cc2)cc1. The Morgan fingerprint density at radius 3 is 2.09 bits per heavy atom. The molecule has 0 amide bonds. The van der Waals surface area contributed by atoms with Crippen molar-refractivity contribution in [2.45, 2.75) is 32.6 Å². The molecule has 0 fully saturated rings. The molecule has 0 N–H and O–H groups in total. The molecule has 0 saturated heterocycles. The number of carbonyl (C=O) groups excluding carboxylic acids is 3. The highest BCUT2D eigenvalue weighted by molar-refractivity contribution is 5.91. The summed E-state index contributed by atoms with van der Waals surface area (Å²) in [4.78, 5) is 34.8. The summed E-state index contributed by atoms with van der Waals surface area (Å²) in [6, 6.07) is 13.5. The minimum Gasteiger partial charge on any atom is -0.494 e. The number of hydrogen-bond acceptors (Lipinski definition) is 7. The van der Waals surface area contributed by atoms with Gasteiger partial charge in [0.05, 0.1) is 25.9 Å². The Morgan fingerprint density at radius 1 is 0.853 bits per heavy atom. The van der Waals surface area contributed by atoms with Gasteiger partial charge in [-0.25, -0.2) is 14.4 Å². The number of esters is 3. The van der Waals surface area contributed by atoms with Crippen LogP contribution < -0.4 is 9.47 Å². The molecule has 0 aromatic heterocycles. The number of rotatable bonds is 13. The second-order valence-corrected chi connectivity index (χ2v) is 7.52. The van der Waals surface area contributed by atoms with Gasteiger partial charge in [0.2, 0.25) is 0 Å². The van der Waals surface area contributed by atoms with E-state index in [0.29, 0.717) is 35.8 Å². The molecule has 2 aromatic carbocycles. The zero-order valence-corrected chi connectivity index (χ0v) is 19.6. The average Bonchev–Trinajstić information content (AvgIpc) is 2.85. The van der Waals surface area contributed by atoms with Crippen molar-refractivity contribution < 1.29 is 33.3 Å². The molecule has 0 unspecified atom stereocenters. The molecule has 7 nitrogen and oxygen atoms in total. The molecule has 34 heavy (non-hydrogen) atoms. The van der Waals surface area contributed by atoms with E-state index in [1.807, 2.05) is 0 Å². The smallest absolute Gasteiger partial charge is 0.343 e. The first-order chi connectivity index (χ1) is 16.4. The van der Waals surface area contributed by atoms with Crippen LogP contribution in [0.3, 0.4) is 0 Å². The summed E-state index contributed by atoms with van der Waals surface area (Å²) < 4.78 is 20.7. The molecule has 0 bridgehead atoms. The fourth-order valence-corrected chi connectivity index (χ4v) is 2.77. The molecule has 2 aromatic rings. The van der Waals surface area contributed by atoms with E-state index in [0.717, 1.165) is 31.2 Å². The fourth-order valence-electron chi connectivity index (χ4n) is 2.77. The standard InChI is InChI=1S/C27H30O7/c1-20(2)26(29)33-19-7-5-4-6-18-32-23-15-11-22(12-16-23)27(30)34-24-13-8-21(9-14-24)10-17-25(28)31-3/h8-17H,1,4-7,18-19H2,2-3H3/b17-10+. The molecule has 180 valence electrons. The Bertz CT molecular complexity index is 989. The summed E-state index contributed by atoms with van der Waals surface area (Å²) in [6.45, 7) is 6.13. The molecule has 0 atom stereocenters.